The molecule has 4 rings (SSSR count). The van der Waals surface area contributed by atoms with E-state index < -0.39 is 11.6 Å². The van der Waals surface area contributed by atoms with Crippen LogP contribution in [0.3, 0.4) is 0 Å². The first kappa shape index (κ1) is 29.6. The van der Waals surface area contributed by atoms with E-state index in [4.69, 9.17) is 0 Å². The zero-order valence-electron chi connectivity index (χ0n) is 16.0. The minimum absolute atomic E-state index is 0. The Labute approximate surface area is 212 Å². The standard InChI is InChI=1S/C22H14F2N2O2.3ClH.Mn/c23-13-7-9-21(27)15(11-13)17-3-1-5-19(25-17)20-6-2-4-18(26-20)16-12-14(24)8-10-22(16)28;;;;/h1-12,27-28H;3*1H;/q;;;;+3/p-3. The Morgan fingerprint density at radius 3 is 1.25 bits per heavy atom. The van der Waals surface area contributed by atoms with Crippen LogP contribution in [0, 0.1) is 11.6 Å². The van der Waals surface area contributed by atoms with Crippen molar-refractivity contribution in [2.75, 3.05) is 0 Å². The number of pyridine rings is 2. The Morgan fingerprint density at radius 1 is 0.531 bits per heavy atom. The molecule has 4 nitrogen and oxygen atoms in total. The van der Waals surface area contributed by atoms with Crippen LogP contribution >= 0.6 is 0 Å². The second-order valence-electron chi connectivity index (χ2n) is 6.14. The van der Waals surface area contributed by atoms with Crippen molar-refractivity contribution in [3.8, 4) is 45.4 Å². The number of phenols is 2. The molecule has 0 aliphatic carbocycles. The first-order valence-corrected chi connectivity index (χ1v) is 8.43. The number of aromatic hydroxyl groups is 2. The average Bonchev–Trinajstić information content (AvgIpc) is 2.72. The summed E-state index contributed by atoms with van der Waals surface area (Å²) in [5, 5.41) is 20.0. The largest absolute Gasteiger partial charge is 3.00 e. The molecule has 0 amide bonds. The summed E-state index contributed by atoms with van der Waals surface area (Å²) in [5.74, 6) is -1.14. The maximum atomic E-state index is 13.6. The third kappa shape index (κ3) is 6.31. The van der Waals surface area contributed by atoms with Crippen molar-refractivity contribution in [3.63, 3.8) is 0 Å². The zero-order chi connectivity index (χ0) is 19.7. The van der Waals surface area contributed by atoms with Crippen molar-refractivity contribution in [2.24, 2.45) is 0 Å². The Kier molecular flexibility index (Phi) is 11.6. The van der Waals surface area contributed by atoms with Gasteiger partial charge in [0.2, 0.25) is 0 Å². The van der Waals surface area contributed by atoms with Gasteiger partial charge in [-0.2, -0.15) is 0 Å². The Hall–Kier alpha value is -2.41. The molecule has 2 aromatic carbocycles. The minimum atomic E-state index is -0.485. The van der Waals surface area contributed by atoms with E-state index in [1.807, 2.05) is 0 Å². The number of rotatable bonds is 3. The van der Waals surface area contributed by atoms with Gasteiger partial charge in [0.25, 0.3) is 0 Å². The molecule has 0 saturated carbocycles. The molecule has 0 fully saturated rings. The van der Waals surface area contributed by atoms with E-state index in [-0.39, 0.29) is 76.9 Å². The van der Waals surface area contributed by atoms with Gasteiger partial charge in [-0.05, 0) is 60.7 Å². The molecule has 2 N–H and O–H groups in total. The number of aromatic nitrogens is 2. The second kappa shape index (κ2) is 12.6. The predicted molar refractivity (Wildman–Crippen MR) is 102 cm³/mol. The maximum Gasteiger partial charge on any atom is 3.00 e. The molecule has 0 radical (unpaired) electrons. The van der Waals surface area contributed by atoms with Gasteiger partial charge in [0, 0.05) is 11.1 Å². The summed E-state index contributed by atoms with van der Waals surface area (Å²) in [7, 11) is 0. The minimum Gasteiger partial charge on any atom is -1.00 e. The van der Waals surface area contributed by atoms with Gasteiger partial charge in [-0.15, -0.1) is 0 Å². The molecule has 2 heterocycles. The van der Waals surface area contributed by atoms with Crippen molar-refractivity contribution in [3.05, 3.63) is 84.4 Å². The van der Waals surface area contributed by atoms with Crippen LogP contribution in [-0.4, -0.2) is 20.2 Å². The molecule has 0 unspecified atom stereocenters. The number of hydrogen-bond acceptors (Lipinski definition) is 4. The Balaban J connectivity index is 0.00000240. The van der Waals surface area contributed by atoms with Crippen LogP contribution in [-0.2, 0) is 17.1 Å². The molecule has 0 saturated heterocycles. The molecule has 10 heteroatoms. The van der Waals surface area contributed by atoms with Crippen molar-refractivity contribution in [1.29, 1.82) is 0 Å². The normalized spacial score (nSPS) is 9.44. The molecule has 0 aliphatic rings. The number of halogens is 5. The fourth-order valence-electron chi connectivity index (χ4n) is 2.88. The molecular formula is C22H14Cl3F2MnN2O2. The van der Waals surface area contributed by atoms with Crippen LogP contribution in [0.4, 0.5) is 8.78 Å². The van der Waals surface area contributed by atoms with E-state index in [9.17, 15) is 19.0 Å². The van der Waals surface area contributed by atoms with Gasteiger partial charge in [-0.3, -0.25) is 0 Å². The molecule has 2 aromatic heterocycles. The van der Waals surface area contributed by atoms with Crippen molar-refractivity contribution in [2.45, 2.75) is 0 Å². The average molecular weight is 538 g/mol. The molecular weight excluding hydrogens is 524 g/mol. The van der Waals surface area contributed by atoms with Gasteiger partial charge in [0.15, 0.2) is 0 Å². The first-order chi connectivity index (χ1) is 13.5. The summed E-state index contributed by atoms with van der Waals surface area (Å²) in [6, 6.07) is 17.5. The van der Waals surface area contributed by atoms with Crippen LogP contribution in [0.15, 0.2) is 72.8 Å². The molecule has 0 aliphatic heterocycles. The fourth-order valence-corrected chi connectivity index (χ4v) is 2.88. The summed E-state index contributed by atoms with van der Waals surface area (Å²) in [4.78, 5) is 8.93. The van der Waals surface area contributed by atoms with E-state index in [1.165, 1.54) is 36.4 Å². The van der Waals surface area contributed by atoms with E-state index >= 15 is 0 Å². The number of benzene rings is 2. The monoisotopic (exact) mass is 536 g/mol. The van der Waals surface area contributed by atoms with Crippen LogP contribution in [0.1, 0.15) is 0 Å². The molecule has 0 bridgehead atoms. The smallest absolute Gasteiger partial charge is 1.00 e. The van der Waals surface area contributed by atoms with Gasteiger partial charge < -0.3 is 47.4 Å². The maximum absolute atomic E-state index is 13.6. The third-order valence-corrected chi connectivity index (χ3v) is 4.23. The van der Waals surface area contributed by atoms with Crippen molar-refractivity contribution >= 4 is 0 Å². The molecule has 166 valence electrons. The first-order valence-electron chi connectivity index (χ1n) is 8.43. The Bertz CT molecular complexity index is 1110. The van der Waals surface area contributed by atoms with Crippen LogP contribution in [0.25, 0.3) is 33.9 Å². The summed E-state index contributed by atoms with van der Waals surface area (Å²) < 4.78 is 27.1. The van der Waals surface area contributed by atoms with E-state index in [0.29, 0.717) is 22.8 Å². The SMILES string of the molecule is Oc1ccc(F)cc1-c1cccc(-c2cccc(-c3cc(F)ccc3O)n2)n1.[Cl-].[Cl-].[Cl-].[Mn+3]. The van der Waals surface area contributed by atoms with Gasteiger partial charge >= 0.3 is 17.1 Å². The topological polar surface area (TPSA) is 66.2 Å². The summed E-state index contributed by atoms with van der Waals surface area (Å²) in [6.07, 6.45) is 0. The van der Waals surface area contributed by atoms with E-state index in [2.05, 4.69) is 9.97 Å². The summed E-state index contributed by atoms with van der Waals surface area (Å²) in [6.45, 7) is 0. The molecule has 0 spiro atoms. The van der Waals surface area contributed by atoms with Crippen LogP contribution in [0.2, 0.25) is 0 Å². The molecule has 4 aromatic rings. The van der Waals surface area contributed by atoms with Crippen LogP contribution < -0.4 is 37.2 Å². The van der Waals surface area contributed by atoms with E-state index in [0.717, 1.165) is 0 Å². The van der Waals surface area contributed by atoms with Gasteiger partial charge in [-0.25, -0.2) is 18.7 Å². The number of nitrogens with zero attached hydrogens (tertiary/aromatic N) is 2. The number of hydrogen-bond donors (Lipinski definition) is 2. The number of phenolic OH excluding ortho intramolecular Hbond substituents is 2. The predicted octanol–water partition coefficient (Wildman–Crippen LogP) is -3.82. The van der Waals surface area contributed by atoms with Crippen molar-refractivity contribution in [1.82, 2.24) is 9.97 Å². The van der Waals surface area contributed by atoms with Crippen molar-refractivity contribution < 1.29 is 73.3 Å². The molecule has 0 atom stereocenters. The van der Waals surface area contributed by atoms with Gasteiger partial charge in [0.1, 0.15) is 23.1 Å². The van der Waals surface area contributed by atoms with E-state index in [1.54, 1.807) is 36.4 Å². The quantitative estimate of drug-likeness (QED) is 0.263. The van der Waals surface area contributed by atoms with Gasteiger partial charge in [-0.1, -0.05) is 12.1 Å². The summed E-state index contributed by atoms with van der Waals surface area (Å²) >= 11 is 0. The fraction of sp³-hybridized carbons (Fsp3) is 0. The van der Waals surface area contributed by atoms with Gasteiger partial charge in [0.05, 0.1) is 22.8 Å². The van der Waals surface area contributed by atoms with Crippen LogP contribution in [0.5, 0.6) is 11.5 Å². The second-order valence-corrected chi connectivity index (χ2v) is 6.14. The Morgan fingerprint density at radius 2 is 0.875 bits per heavy atom. The zero-order valence-corrected chi connectivity index (χ0v) is 19.4. The summed E-state index contributed by atoms with van der Waals surface area (Å²) in [5.41, 5.74) is 2.27. The third-order valence-electron chi connectivity index (χ3n) is 4.23. The molecule has 32 heavy (non-hydrogen) atoms.